The third-order valence-corrected chi connectivity index (χ3v) is 6.46. The summed E-state index contributed by atoms with van der Waals surface area (Å²) in [7, 11) is 0. The quantitative estimate of drug-likeness (QED) is 0.838. The van der Waals surface area contributed by atoms with E-state index in [4.69, 9.17) is 0 Å². The Labute approximate surface area is 165 Å². The number of aromatic nitrogens is 2. The van der Waals surface area contributed by atoms with E-state index in [-0.39, 0.29) is 23.3 Å². The molecule has 1 N–H and O–H groups in total. The minimum Gasteiger partial charge on any atom is -0.354 e. The molecule has 2 atom stereocenters. The monoisotopic (exact) mass is 380 g/mol. The molecule has 1 aliphatic carbocycles. The molecule has 4 rings (SSSR count). The summed E-state index contributed by atoms with van der Waals surface area (Å²) in [5.41, 5.74) is 1.17. The molecule has 1 aromatic carbocycles. The van der Waals surface area contributed by atoms with Crippen LogP contribution in [-0.2, 0) is 22.7 Å². The van der Waals surface area contributed by atoms with E-state index < -0.39 is 0 Å². The van der Waals surface area contributed by atoms with Crippen LogP contribution in [-0.4, -0.2) is 38.9 Å². The smallest absolute Gasteiger partial charge is 0.240 e. The number of rotatable bonds is 6. The van der Waals surface area contributed by atoms with Crippen LogP contribution >= 0.6 is 0 Å². The number of aryl methyl sites for hydroxylation is 1. The number of nitrogens with zero attached hydrogens (tertiary/aromatic N) is 3. The van der Waals surface area contributed by atoms with Crippen LogP contribution in [0.2, 0.25) is 0 Å². The van der Waals surface area contributed by atoms with Crippen LogP contribution in [0, 0.1) is 12.3 Å². The lowest BCUT2D eigenvalue weighted by Gasteiger charge is -2.46. The average Bonchev–Trinajstić information content (AvgIpc) is 3.30. The molecule has 1 aliphatic heterocycles. The Morgan fingerprint density at radius 3 is 2.86 bits per heavy atom. The minimum absolute atomic E-state index is 0.00231. The van der Waals surface area contributed by atoms with Crippen molar-refractivity contribution in [2.75, 3.05) is 6.54 Å². The molecule has 2 heterocycles. The number of nitrogens with one attached hydrogen (secondary N) is 1. The molecule has 0 unspecified atom stereocenters. The van der Waals surface area contributed by atoms with Gasteiger partial charge in [-0.2, -0.15) is 0 Å². The lowest BCUT2D eigenvalue weighted by atomic mass is 9.74. The van der Waals surface area contributed by atoms with Gasteiger partial charge < -0.3 is 14.8 Å². The van der Waals surface area contributed by atoms with Crippen molar-refractivity contribution in [3.63, 3.8) is 0 Å². The minimum atomic E-state index is 0.00231. The number of hydrogen-bond donors (Lipinski definition) is 1. The lowest BCUT2D eigenvalue weighted by molar-refractivity contribution is -0.142. The van der Waals surface area contributed by atoms with Crippen LogP contribution < -0.4 is 5.32 Å². The number of hydrogen-bond acceptors (Lipinski definition) is 3. The van der Waals surface area contributed by atoms with Gasteiger partial charge in [-0.25, -0.2) is 4.98 Å². The first-order valence-electron chi connectivity index (χ1n) is 10.2. The van der Waals surface area contributed by atoms with Crippen molar-refractivity contribution in [2.45, 2.75) is 58.2 Å². The van der Waals surface area contributed by atoms with Crippen molar-refractivity contribution in [1.29, 1.82) is 0 Å². The summed E-state index contributed by atoms with van der Waals surface area (Å²) in [5, 5.41) is 3.15. The largest absolute Gasteiger partial charge is 0.354 e. The van der Waals surface area contributed by atoms with Gasteiger partial charge in [0.15, 0.2) is 0 Å². The van der Waals surface area contributed by atoms with Gasteiger partial charge in [0.05, 0.1) is 0 Å². The zero-order valence-electron chi connectivity index (χ0n) is 16.4. The molecule has 1 saturated carbocycles. The van der Waals surface area contributed by atoms with E-state index in [0.29, 0.717) is 26.1 Å². The molecule has 28 heavy (non-hydrogen) atoms. The molecule has 0 bridgehead atoms. The highest BCUT2D eigenvalue weighted by atomic mass is 16.2. The van der Waals surface area contributed by atoms with E-state index in [1.807, 2.05) is 35.9 Å². The molecular weight excluding hydrogens is 352 g/mol. The van der Waals surface area contributed by atoms with Crippen molar-refractivity contribution in [3.05, 3.63) is 54.1 Å². The molecule has 2 fully saturated rings. The van der Waals surface area contributed by atoms with E-state index >= 15 is 0 Å². The Balaban J connectivity index is 1.44. The van der Waals surface area contributed by atoms with E-state index in [9.17, 15) is 9.59 Å². The first kappa shape index (κ1) is 18.7. The maximum atomic E-state index is 12.7. The predicted octanol–water partition coefficient (Wildman–Crippen LogP) is 2.67. The van der Waals surface area contributed by atoms with E-state index in [1.54, 1.807) is 6.20 Å². The molecule has 2 aliphatic rings. The third-order valence-electron chi connectivity index (χ3n) is 6.46. The van der Waals surface area contributed by atoms with E-state index in [1.165, 1.54) is 0 Å². The SMILES string of the molecule is Cc1nccn1CC(=O)NC[C@@]12CCC[C@H]1N(Cc1ccccc1)C(=O)CC2. The fourth-order valence-electron chi connectivity index (χ4n) is 4.90. The van der Waals surface area contributed by atoms with Gasteiger partial charge in [0.1, 0.15) is 12.4 Å². The summed E-state index contributed by atoms with van der Waals surface area (Å²) < 4.78 is 1.85. The first-order chi connectivity index (χ1) is 13.6. The van der Waals surface area contributed by atoms with Crippen molar-refractivity contribution in [2.24, 2.45) is 5.41 Å². The second kappa shape index (κ2) is 7.78. The summed E-state index contributed by atoms with van der Waals surface area (Å²) in [6.07, 6.45) is 8.18. The number of carbonyl (C=O) groups excluding carboxylic acids is 2. The maximum absolute atomic E-state index is 12.7. The van der Waals surface area contributed by atoms with Gasteiger partial charge in [-0.05, 0) is 31.7 Å². The Morgan fingerprint density at radius 1 is 1.29 bits per heavy atom. The lowest BCUT2D eigenvalue weighted by Crippen LogP contribution is -2.55. The normalized spacial score (nSPS) is 24.2. The zero-order chi connectivity index (χ0) is 19.6. The van der Waals surface area contributed by atoms with Crippen LogP contribution in [0.3, 0.4) is 0 Å². The molecular formula is C22H28N4O2. The summed E-state index contributed by atoms with van der Waals surface area (Å²) >= 11 is 0. The number of benzene rings is 1. The Hall–Kier alpha value is -2.63. The summed E-state index contributed by atoms with van der Waals surface area (Å²) in [6.45, 7) is 3.49. The van der Waals surface area contributed by atoms with E-state index in [2.05, 4.69) is 27.3 Å². The second-order valence-corrected chi connectivity index (χ2v) is 8.16. The summed E-state index contributed by atoms with van der Waals surface area (Å²) in [6, 6.07) is 10.4. The van der Waals surface area contributed by atoms with Crippen LogP contribution in [0.4, 0.5) is 0 Å². The first-order valence-corrected chi connectivity index (χ1v) is 10.2. The Kier molecular flexibility index (Phi) is 5.20. The molecule has 1 saturated heterocycles. The number of likely N-dealkylation sites (tertiary alicyclic amines) is 1. The maximum Gasteiger partial charge on any atom is 0.240 e. The molecule has 148 valence electrons. The molecule has 6 nitrogen and oxygen atoms in total. The third kappa shape index (κ3) is 3.68. The number of piperidine rings is 1. The Morgan fingerprint density at radius 2 is 2.11 bits per heavy atom. The van der Waals surface area contributed by atoms with Crippen LogP contribution in [0.15, 0.2) is 42.7 Å². The molecule has 1 aromatic heterocycles. The summed E-state index contributed by atoms with van der Waals surface area (Å²) in [5.74, 6) is 1.09. The number of carbonyl (C=O) groups is 2. The van der Waals surface area contributed by atoms with Crippen LogP contribution in [0.5, 0.6) is 0 Å². The second-order valence-electron chi connectivity index (χ2n) is 8.16. The standard InChI is InChI=1S/C22H28N4O2/c1-17-23-12-13-25(17)15-20(27)24-16-22-10-5-8-19(22)26(21(28)9-11-22)14-18-6-3-2-4-7-18/h2-4,6-7,12-13,19H,5,8-11,14-16H2,1H3,(H,24,27)/t19-,22+/m1/s1. The van der Waals surface area contributed by atoms with Gasteiger partial charge in [0.2, 0.25) is 11.8 Å². The van der Waals surface area contributed by atoms with Crippen molar-refractivity contribution in [1.82, 2.24) is 19.8 Å². The number of imidazole rings is 1. The fraction of sp³-hybridized carbons (Fsp3) is 0.500. The predicted molar refractivity (Wildman–Crippen MR) is 106 cm³/mol. The molecule has 2 aromatic rings. The van der Waals surface area contributed by atoms with Gasteiger partial charge in [0, 0.05) is 43.4 Å². The van der Waals surface area contributed by atoms with Crippen molar-refractivity contribution < 1.29 is 9.59 Å². The van der Waals surface area contributed by atoms with E-state index in [0.717, 1.165) is 37.1 Å². The average molecular weight is 380 g/mol. The number of fused-ring (bicyclic) bond motifs is 1. The molecule has 6 heteroatoms. The highest BCUT2D eigenvalue weighted by molar-refractivity contribution is 5.78. The number of amides is 2. The molecule has 2 amide bonds. The Bertz CT molecular complexity index is 847. The zero-order valence-corrected chi connectivity index (χ0v) is 16.4. The fourth-order valence-corrected chi connectivity index (χ4v) is 4.90. The van der Waals surface area contributed by atoms with Gasteiger partial charge in [-0.3, -0.25) is 9.59 Å². The van der Waals surface area contributed by atoms with Gasteiger partial charge >= 0.3 is 0 Å². The van der Waals surface area contributed by atoms with Gasteiger partial charge in [0.25, 0.3) is 0 Å². The van der Waals surface area contributed by atoms with Crippen LogP contribution in [0.1, 0.15) is 43.5 Å². The summed E-state index contributed by atoms with van der Waals surface area (Å²) in [4.78, 5) is 31.4. The van der Waals surface area contributed by atoms with Crippen LogP contribution in [0.25, 0.3) is 0 Å². The van der Waals surface area contributed by atoms with Gasteiger partial charge in [-0.1, -0.05) is 36.8 Å². The highest BCUT2D eigenvalue weighted by Crippen LogP contribution is 2.48. The highest BCUT2D eigenvalue weighted by Gasteiger charge is 2.50. The van der Waals surface area contributed by atoms with Gasteiger partial charge in [-0.15, -0.1) is 0 Å². The van der Waals surface area contributed by atoms with Crippen molar-refractivity contribution >= 4 is 11.8 Å². The molecule has 0 radical (unpaired) electrons. The molecule has 0 spiro atoms. The van der Waals surface area contributed by atoms with Crippen molar-refractivity contribution in [3.8, 4) is 0 Å². The topological polar surface area (TPSA) is 67.2 Å².